The van der Waals surface area contributed by atoms with Gasteiger partial charge in [-0.15, -0.1) is 24.0 Å². The predicted octanol–water partition coefficient (Wildman–Crippen LogP) is 3.00. The molecule has 5 nitrogen and oxygen atoms in total. The third-order valence-electron chi connectivity index (χ3n) is 2.65. The van der Waals surface area contributed by atoms with Crippen LogP contribution in [0, 0.1) is 0 Å². The fourth-order valence-electron chi connectivity index (χ4n) is 1.73. The molecule has 1 aliphatic rings. The molecule has 0 saturated carbocycles. The largest absolute Gasteiger partial charge is 0.454 e. The van der Waals surface area contributed by atoms with Crippen molar-refractivity contribution in [3.8, 4) is 11.5 Å². The summed E-state index contributed by atoms with van der Waals surface area (Å²) >= 11 is 3.31. The molecule has 0 atom stereocenters. The molecule has 0 fully saturated rings. The topological polar surface area (TPSA) is 54.9 Å². The highest BCUT2D eigenvalue weighted by atomic mass is 127. The molecule has 21 heavy (non-hydrogen) atoms. The van der Waals surface area contributed by atoms with Gasteiger partial charge in [-0.3, -0.25) is 0 Å². The highest BCUT2D eigenvalue weighted by Gasteiger charge is 2.12. The number of halogens is 2. The molecule has 0 bridgehead atoms. The van der Waals surface area contributed by atoms with Crippen LogP contribution in [0.4, 0.5) is 0 Å². The molecule has 0 unspecified atom stereocenters. The lowest BCUT2D eigenvalue weighted by atomic mass is 10.2. The molecule has 7 heteroatoms. The molecule has 1 aromatic carbocycles. The molecule has 0 amide bonds. The maximum atomic E-state index is 5.35. The number of hydrogen-bond donors (Lipinski definition) is 2. The van der Waals surface area contributed by atoms with Crippen LogP contribution in [0.5, 0.6) is 11.5 Å². The van der Waals surface area contributed by atoms with Crippen molar-refractivity contribution in [2.24, 2.45) is 4.99 Å². The lowest BCUT2D eigenvalue weighted by Gasteiger charge is -2.10. The Balaban J connectivity index is 0.00000220. The lowest BCUT2D eigenvalue weighted by Crippen LogP contribution is -2.37. The summed E-state index contributed by atoms with van der Waals surface area (Å²) < 4.78 is 11.5. The molecule has 2 rings (SSSR count). The number of ether oxygens (including phenoxy) is 2. The van der Waals surface area contributed by atoms with Gasteiger partial charge in [0.1, 0.15) is 0 Å². The maximum Gasteiger partial charge on any atom is 0.231 e. The van der Waals surface area contributed by atoms with Crippen molar-refractivity contribution in [3.63, 3.8) is 0 Å². The van der Waals surface area contributed by atoms with Crippen molar-refractivity contribution in [1.29, 1.82) is 0 Å². The first-order valence-electron chi connectivity index (χ1n) is 6.43. The standard InChI is InChI=1S/C14H18BrN3O2.HI/c1-3-16-14(17-7-10(2)15)18-8-11-4-5-12-13(6-11)20-9-19-12;/h4-6H,2-3,7-9H2,1H3,(H2,16,17,18);1H. The van der Waals surface area contributed by atoms with Crippen LogP contribution in [-0.2, 0) is 6.54 Å². The van der Waals surface area contributed by atoms with Crippen LogP contribution in [-0.4, -0.2) is 25.8 Å². The number of guanidine groups is 1. The van der Waals surface area contributed by atoms with E-state index in [-0.39, 0.29) is 24.0 Å². The minimum atomic E-state index is 0. The Kier molecular flexibility index (Phi) is 7.87. The van der Waals surface area contributed by atoms with Crippen molar-refractivity contribution >= 4 is 45.9 Å². The Labute approximate surface area is 150 Å². The fourth-order valence-corrected chi connectivity index (χ4v) is 1.87. The number of benzene rings is 1. The third kappa shape index (κ3) is 5.74. The summed E-state index contributed by atoms with van der Waals surface area (Å²) in [6, 6.07) is 5.86. The first-order valence-corrected chi connectivity index (χ1v) is 7.22. The molecular formula is C14H19BrIN3O2. The zero-order valence-corrected chi connectivity index (χ0v) is 15.7. The fraction of sp³-hybridized carbons (Fsp3) is 0.357. The molecule has 2 N–H and O–H groups in total. The van der Waals surface area contributed by atoms with E-state index in [1.165, 1.54) is 0 Å². The van der Waals surface area contributed by atoms with Crippen molar-refractivity contribution in [3.05, 3.63) is 34.8 Å². The van der Waals surface area contributed by atoms with Crippen molar-refractivity contribution < 1.29 is 9.47 Å². The van der Waals surface area contributed by atoms with Gasteiger partial charge in [-0.25, -0.2) is 4.99 Å². The minimum absolute atomic E-state index is 0. The van der Waals surface area contributed by atoms with Crippen molar-refractivity contribution in [2.75, 3.05) is 19.9 Å². The van der Waals surface area contributed by atoms with Gasteiger partial charge in [0.25, 0.3) is 0 Å². The van der Waals surface area contributed by atoms with Crippen LogP contribution in [0.1, 0.15) is 12.5 Å². The monoisotopic (exact) mass is 467 g/mol. The van der Waals surface area contributed by atoms with Crippen molar-refractivity contribution in [2.45, 2.75) is 13.5 Å². The van der Waals surface area contributed by atoms with Gasteiger partial charge < -0.3 is 20.1 Å². The van der Waals surface area contributed by atoms with Crippen LogP contribution < -0.4 is 20.1 Å². The van der Waals surface area contributed by atoms with Gasteiger partial charge in [0.15, 0.2) is 17.5 Å². The number of aliphatic imine (C=N–C) groups is 1. The Morgan fingerprint density at radius 3 is 2.81 bits per heavy atom. The summed E-state index contributed by atoms with van der Waals surface area (Å²) in [7, 11) is 0. The maximum absolute atomic E-state index is 5.35. The number of nitrogens with one attached hydrogen (secondary N) is 2. The van der Waals surface area contributed by atoms with Crippen LogP contribution in [0.3, 0.4) is 0 Å². The van der Waals surface area contributed by atoms with Gasteiger partial charge in [-0.05, 0) is 24.6 Å². The number of rotatable bonds is 5. The average molecular weight is 468 g/mol. The molecule has 0 spiro atoms. The molecular weight excluding hydrogens is 449 g/mol. The van der Waals surface area contributed by atoms with E-state index in [1.807, 2.05) is 25.1 Å². The Morgan fingerprint density at radius 2 is 2.10 bits per heavy atom. The van der Waals surface area contributed by atoms with Crippen LogP contribution in [0.2, 0.25) is 0 Å². The highest BCUT2D eigenvalue weighted by Crippen LogP contribution is 2.32. The van der Waals surface area contributed by atoms with E-state index in [0.29, 0.717) is 19.9 Å². The summed E-state index contributed by atoms with van der Waals surface area (Å²) in [5.41, 5.74) is 1.07. The first-order chi connectivity index (χ1) is 9.69. The summed E-state index contributed by atoms with van der Waals surface area (Å²) in [6.45, 7) is 8.11. The quantitative estimate of drug-likeness (QED) is 0.397. The SMILES string of the molecule is C=C(Br)CNC(=NCc1ccc2c(c1)OCO2)NCC.I. The van der Waals surface area contributed by atoms with Gasteiger partial charge in [-0.2, -0.15) is 0 Å². The average Bonchev–Trinajstić information content (AvgIpc) is 2.89. The smallest absolute Gasteiger partial charge is 0.231 e. The van der Waals surface area contributed by atoms with Crippen LogP contribution in [0.25, 0.3) is 0 Å². The van der Waals surface area contributed by atoms with E-state index in [4.69, 9.17) is 9.47 Å². The molecule has 0 aliphatic carbocycles. The van der Waals surface area contributed by atoms with E-state index in [2.05, 4.69) is 38.1 Å². The zero-order chi connectivity index (χ0) is 14.4. The van der Waals surface area contributed by atoms with Gasteiger partial charge in [-0.1, -0.05) is 28.6 Å². The second kappa shape index (κ2) is 9.14. The normalized spacial score (nSPS) is 12.6. The second-order valence-corrected chi connectivity index (χ2v) is 5.38. The lowest BCUT2D eigenvalue weighted by molar-refractivity contribution is 0.174. The Morgan fingerprint density at radius 1 is 1.33 bits per heavy atom. The molecule has 1 aliphatic heterocycles. The molecule has 1 heterocycles. The highest BCUT2D eigenvalue weighted by molar-refractivity contribution is 14.0. The minimum Gasteiger partial charge on any atom is -0.454 e. The molecule has 1 aromatic rings. The predicted molar refractivity (Wildman–Crippen MR) is 98.9 cm³/mol. The Hall–Kier alpha value is -0.960. The molecule has 0 radical (unpaired) electrons. The summed E-state index contributed by atoms with van der Waals surface area (Å²) in [5.74, 6) is 2.33. The van der Waals surface area contributed by atoms with Crippen LogP contribution in [0.15, 0.2) is 34.3 Å². The van der Waals surface area contributed by atoms with E-state index in [1.54, 1.807) is 0 Å². The van der Waals surface area contributed by atoms with Crippen LogP contribution >= 0.6 is 39.9 Å². The molecule has 0 aromatic heterocycles. The second-order valence-electron chi connectivity index (χ2n) is 4.25. The Bertz CT molecular complexity index is 523. The zero-order valence-electron chi connectivity index (χ0n) is 11.8. The summed E-state index contributed by atoms with van der Waals surface area (Å²) in [5, 5.41) is 6.36. The van der Waals surface area contributed by atoms with E-state index < -0.39 is 0 Å². The van der Waals surface area contributed by atoms with E-state index in [9.17, 15) is 0 Å². The van der Waals surface area contributed by atoms with E-state index >= 15 is 0 Å². The number of nitrogens with zero attached hydrogens (tertiary/aromatic N) is 1. The molecule has 0 saturated heterocycles. The number of hydrogen-bond acceptors (Lipinski definition) is 3. The number of fused-ring (bicyclic) bond motifs is 1. The van der Waals surface area contributed by atoms with Gasteiger partial charge in [0.2, 0.25) is 6.79 Å². The third-order valence-corrected chi connectivity index (χ3v) is 2.93. The van der Waals surface area contributed by atoms with Gasteiger partial charge in [0.05, 0.1) is 6.54 Å². The van der Waals surface area contributed by atoms with Gasteiger partial charge in [0, 0.05) is 17.6 Å². The summed E-state index contributed by atoms with van der Waals surface area (Å²) in [6.07, 6.45) is 0. The van der Waals surface area contributed by atoms with E-state index in [0.717, 1.165) is 34.0 Å². The summed E-state index contributed by atoms with van der Waals surface area (Å²) in [4.78, 5) is 4.52. The molecule has 116 valence electrons. The van der Waals surface area contributed by atoms with Crippen molar-refractivity contribution in [1.82, 2.24) is 10.6 Å². The first kappa shape index (κ1) is 18.1. The van der Waals surface area contributed by atoms with Gasteiger partial charge >= 0.3 is 0 Å².